The first-order chi connectivity index (χ1) is 11.3. The van der Waals surface area contributed by atoms with Gasteiger partial charge in [0.05, 0.1) is 5.56 Å². The summed E-state index contributed by atoms with van der Waals surface area (Å²) in [6, 6.07) is 2.54. The number of rotatable bonds is 4. The number of halogens is 3. The molecule has 0 aliphatic carbocycles. The molecule has 7 heteroatoms. The van der Waals surface area contributed by atoms with Gasteiger partial charge in [-0.3, -0.25) is 4.79 Å². The number of aromatic nitrogens is 1. The smallest absolute Gasteiger partial charge is 0.356 e. The molecule has 2 rings (SSSR count). The molecular formula is C17H22F3N3O. The molecule has 24 heavy (non-hydrogen) atoms. The van der Waals surface area contributed by atoms with E-state index in [0.29, 0.717) is 24.5 Å². The van der Waals surface area contributed by atoms with Crippen molar-refractivity contribution in [1.82, 2.24) is 10.3 Å². The highest BCUT2D eigenvalue weighted by molar-refractivity contribution is 5.92. The highest BCUT2D eigenvalue weighted by Crippen LogP contribution is 2.29. The lowest BCUT2D eigenvalue weighted by atomic mass is 10.0. The Labute approximate surface area is 139 Å². The van der Waals surface area contributed by atoms with Crippen LogP contribution in [-0.4, -0.2) is 30.0 Å². The second-order valence-electron chi connectivity index (χ2n) is 5.93. The zero-order valence-corrected chi connectivity index (χ0v) is 13.9. The second-order valence-corrected chi connectivity index (χ2v) is 5.93. The summed E-state index contributed by atoms with van der Waals surface area (Å²) >= 11 is 0. The maximum Gasteiger partial charge on any atom is 0.417 e. The summed E-state index contributed by atoms with van der Waals surface area (Å²) in [4.78, 5) is 17.8. The number of anilines is 1. The van der Waals surface area contributed by atoms with Gasteiger partial charge in [0.1, 0.15) is 5.82 Å². The summed E-state index contributed by atoms with van der Waals surface area (Å²) in [5.74, 6) is 0.484. The lowest BCUT2D eigenvalue weighted by Gasteiger charge is -2.33. The van der Waals surface area contributed by atoms with Gasteiger partial charge in [0.15, 0.2) is 0 Å². The molecule has 0 radical (unpaired) electrons. The number of hydrogen-bond acceptors (Lipinski definition) is 3. The molecule has 1 N–H and O–H groups in total. The number of allylic oxidation sites excluding steroid dienone is 1. The number of hydrogen-bond donors (Lipinski definition) is 1. The van der Waals surface area contributed by atoms with Crippen molar-refractivity contribution in [2.75, 3.05) is 18.0 Å². The summed E-state index contributed by atoms with van der Waals surface area (Å²) in [7, 11) is 0. The highest BCUT2D eigenvalue weighted by atomic mass is 19.4. The monoisotopic (exact) mass is 341 g/mol. The average molecular weight is 341 g/mol. The van der Waals surface area contributed by atoms with E-state index in [-0.39, 0.29) is 11.9 Å². The molecule has 0 saturated carbocycles. The maximum absolute atomic E-state index is 12.6. The van der Waals surface area contributed by atoms with E-state index in [1.165, 1.54) is 6.07 Å². The fraction of sp³-hybridized carbons (Fsp3) is 0.529. The van der Waals surface area contributed by atoms with E-state index in [9.17, 15) is 18.0 Å². The predicted octanol–water partition coefficient (Wildman–Crippen LogP) is 3.54. The number of carbonyl (C=O) groups is 1. The number of piperidine rings is 1. The van der Waals surface area contributed by atoms with E-state index in [1.54, 1.807) is 6.92 Å². The van der Waals surface area contributed by atoms with Gasteiger partial charge in [-0.05, 0) is 38.3 Å². The Morgan fingerprint density at radius 1 is 1.38 bits per heavy atom. The Morgan fingerprint density at radius 2 is 2.04 bits per heavy atom. The molecule has 1 aliphatic heterocycles. The number of nitrogens with zero attached hydrogens (tertiary/aromatic N) is 2. The molecule has 1 fully saturated rings. The number of amides is 1. The van der Waals surface area contributed by atoms with Crippen LogP contribution >= 0.6 is 0 Å². The Kier molecular flexibility index (Phi) is 5.85. The lowest BCUT2D eigenvalue weighted by Crippen LogP contribution is -2.45. The highest BCUT2D eigenvalue weighted by Gasteiger charge is 2.31. The molecule has 0 atom stereocenters. The van der Waals surface area contributed by atoms with Gasteiger partial charge in [-0.25, -0.2) is 4.98 Å². The van der Waals surface area contributed by atoms with Gasteiger partial charge >= 0.3 is 6.18 Å². The quantitative estimate of drug-likeness (QED) is 0.852. The zero-order chi connectivity index (χ0) is 17.7. The molecule has 0 aromatic carbocycles. The molecule has 4 nitrogen and oxygen atoms in total. The van der Waals surface area contributed by atoms with Crippen molar-refractivity contribution in [3.8, 4) is 0 Å². The molecule has 0 bridgehead atoms. The molecule has 132 valence electrons. The van der Waals surface area contributed by atoms with Crippen molar-refractivity contribution in [1.29, 1.82) is 0 Å². The van der Waals surface area contributed by atoms with Crippen LogP contribution < -0.4 is 10.2 Å². The van der Waals surface area contributed by atoms with Gasteiger partial charge in [-0.2, -0.15) is 13.2 Å². The van der Waals surface area contributed by atoms with Crippen LogP contribution in [0.15, 0.2) is 30.0 Å². The van der Waals surface area contributed by atoms with Crippen molar-refractivity contribution in [2.24, 2.45) is 0 Å². The van der Waals surface area contributed by atoms with Crippen molar-refractivity contribution in [2.45, 2.75) is 45.3 Å². The predicted molar refractivity (Wildman–Crippen MR) is 86.7 cm³/mol. The third-order valence-electron chi connectivity index (χ3n) is 4.10. The van der Waals surface area contributed by atoms with Crippen LogP contribution in [0.2, 0.25) is 0 Å². The molecule has 1 aliphatic rings. The minimum absolute atomic E-state index is 0.0528. The molecule has 0 unspecified atom stereocenters. The van der Waals surface area contributed by atoms with E-state index in [0.717, 1.165) is 31.5 Å². The van der Waals surface area contributed by atoms with Crippen LogP contribution in [0.5, 0.6) is 0 Å². The van der Waals surface area contributed by atoms with Crippen LogP contribution in [-0.2, 0) is 11.0 Å². The third-order valence-corrected chi connectivity index (χ3v) is 4.10. The zero-order valence-electron chi connectivity index (χ0n) is 13.9. The van der Waals surface area contributed by atoms with Gasteiger partial charge in [0.2, 0.25) is 5.91 Å². The molecule has 0 spiro atoms. The Hall–Kier alpha value is -2.05. The maximum atomic E-state index is 12.6. The SMILES string of the molecule is CC/C=C(\C)C(=O)NC1CCN(c2ccc(C(F)(F)F)cn2)CC1. The molecule has 1 aromatic rings. The Balaban J connectivity index is 1.89. The third kappa shape index (κ3) is 4.72. The minimum Gasteiger partial charge on any atom is -0.356 e. The molecule has 1 aromatic heterocycles. The summed E-state index contributed by atoms with van der Waals surface area (Å²) in [5, 5.41) is 3.00. The molecule has 2 heterocycles. The first-order valence-corrected chi connectivity index (χ1v) is 8.07. The first-order valence-electron chi connectivity index (χ1n) is 8.07. The van der Waals surface area contributed by atoms with Gasteiger partial charge in [-0.1, -0.05) is 13.0 Å². The number of carbonyl (C=O) groups excluding carboxylic acids is 1. The van der Waals surface area contributed by atoms with Gasteiger partial charge < -0.3 is 10.2 Å². The van der Waals surface area contributed by atoms with Gasteiger partial charge in [0, 0.05) is 30.9 Å². The molecule has 1 saturated heterocycles. The molecule has 1 amide bonds. The fourth-order valence-corrected chi connectivity index (χ4v) is 2.69. The normalized spacial score (nSPS) is 17.0. The van der Waals surface area contributed by atoms with E-state index >= 15 is 0 Å². The van der Waals surface area contributed by atoms with Crippen LogP contribution in [0, 0.1) is 0 Å². The van der Waals surface area contributed by atoms with Gasteiger partial charge in [0.25, 0.3) is 0 Å². The van der Waals surface area contributed by atoms with Crippen LogP contribution in [0.25, 0.3) is 0 Å². The van der Waals surface area contributed by atoms with E-state index in [2.05, 4.69) is 10.3 Å². The van der Waals surface area contributed by atoms with Crippen LogP contribution in [0.4, 0.5) is 19.0 Å². The fourth-order valence-electron chi connectivity index (χ4n) is 2.69. The van der Waals surface area contributed by atoms with Crippen molar-refractivity contribution >= 4 is 11.7 Å². The van der Waals surface area contributed by atoms with Crippen molar-refractivity contribution in [3.63, 3.8) is 0 Å². The van der Waals surface area contributed by atoms with E-state index in [4.69, 9.17) is 0 Å². The number of nitrogens with one attached hydrogen (secondary N) is 1. The minimum atomic E-state index is -4.37. The average Bonchev–Trinajstić information content (AvgIpc) is 2.55. The van der Waals surface area contributed by atoms with Crippen LogP contribution in [0.1, 0.15) is 38.7 Å². The standard InChI is InChI=1S/C17H22F3N3O/c1-3-4-12(2)16(24)22-14-7-9-23(10-8-14)15-6-5-13(11-21-15)17(18,19)20/h4-6,11,14H,3,7-10H2,1-2H3,(H,22,24)/b12-4+. The topological polar surface area (TPSA) is 45.2 Å². The van der Waals surface area contributed by atoms with E-state index in [1.807, 2.05) is 17.9 Å². The largest absolute Gasteiger partial charge is 0.417 e. The Morgan fingerprint density at radius 3 is 2.54 bits per heavy atom. The summed E-state index contributed by atoms with van der Waals surface area (Å²) in [5.41, 5.74) is -0.0316. The Bertz CT molecular complexity index is 588. The summed E-state index contributed by atoms with van der Waals surface area (Å²) in [6.45, 7) is 5.08. The summed E-state index contributed by atoms with van der Waals surface area (Å²) in [6.07, 6.45) is 0.685. The molecular weight excluding hydrogens is 319 g/mol. The summed E-state index contributed by atoms with van der Waals surface area (Å²) < 4.78 is 37.7. The lowest BCUT2D eigenvalue weighted by molar-refractivity contribution is -0.137. The number of pyridine rings is 1. The van der Waals surface area contributed by atoms with Crippen LogP contribution in [0.3, 0.4) is 0 Å². The first kappa shape index (κ1) is 18.3. The second kappa shape index (κ2) is 7.68. The van der Waals surface area contributed by atoms with E-state index < -0.39 is 11.7 Å². The van der Waals surface area contributed by atoms with Crippen molar-refractivity contribution < 1.29 is 18.0 Å². The number of alkyl halides is 3. The van der Waals surface area contributed by atoms with Gasteiger partial charge in [-0.15, -0.1) is 0 Å². The van der Waals surface area contributed by atoms with Crippen molar-refractivity contribution in [3.05, 3.63) is 35.5 Å².